The third kappa shape index (κ3) is 2.58. The quantitative estimate of drug-likeness (QED) is 0.819. The fourth-order valence-corrected chi connectivity index (χ4v) is 2.75. The molecule has 5 heteroatoms. The van der Waals surface area contributed by atoms with Gasteiger partial charge in [0.2, 0.25) is 11.6 Å². The number of rotatable bonds is 3. The van der Waals surface area contributed by atoms with Crippen LogP contribution in [0.4, 0.5) is 4.39 Å². The molecule has 1 atom stereocenters. The van der Waals surface area contributed by atoms with Gasteiger partial charge in [-0.1, -0.05) is 12.8 Å². The molecule has 2 fully saturated rings. The van der Waals surface area contributed by atoms with Crippen LogP contribution in [0, 0.1) is 5.92 Å². The van der Waals surface area contributed by atoms with Gasteiger partial charge in [-0.05, 0) is 18.8 Å². The van der Waals surface area contributed by atoms with Crippen molar-refractivity contribution in [2.45, 2.75) is 44.2 Å². The second-order valence-electron chi connectivity index (χ2n) is 5.19. The highest BCUT2D eigenvalue weighted by Gasteiger charge is 2.46. The van der Waals surface area contributed by atoms with Crippen molar-refractivity contribution in [1.29, 1.82) is 0 Å². The highest BCUT2D eigenvalue weighted by atomic mass is 19.1. The van der Waals surface area contributed by atoms with E-state index in [1.54, 1.807) is 0 Å². The third-order valence-corrected chi connectivity index (χ3v) is 3.89. The number of hydrogen-bond donors (Lipinski definition) is 1. The molecular weight excluding hydrogens is 225 g/mol. The molecule has 1 unspecified atom stereocenters. The summed E-state index contributed by atoms with van der Waals surface area (Å²) in [6, 6.07) is 0. The van der Waals surface area contributed by atoms with Crippen LogP contribution < -0.4 is 0 Å². The summed E-state index contributed by atoms with van der Waals surface area (Å²) in [6.07, 6.45) is 4.84. The van der Waals surface area contributed by atoms with Gasteiger partial charge in [-0.25, -0.2) is 9.18 Å². The summed E-state index contributed by atoms with van der Waals surface area (Å²) in [5.74, 6) is -1.12. The van der Waals surface area contributed by atoms with E-state index in [-0.39, 0.29) is 25.4 Å². The van der Waals surface area contributed by atoms with Crippen LogP contribution in [-0.4, -0.2) is 40.6 Å². The molecule has 0 radical (unpaired) electrons. The van der Waals surface area contributed by atoms with Gasteiger partial charge in [0.1, 0.15) is 0 Å². The van der Waals surface area contributed by atoms with E-state index < -0.39 is 11.6 Å². The minimum Gasteiger partial charge on any atom is -0.479 e. The van der Waals surface area contributed by atoms with Gasteiger partial charge in [0.15, 0.2) is 0 Å². The molecule has 0 spiro atoms. The highest BCUT2D eigenvalue weighted by molar-refractivity contribution is 5.82. The Bertz CT molecular complexity index is 328. The van der Waals surface area contributed by atoms with Crippen LogP contribution in [0.5, 0.6) is 0 Å². The lowest BCUT2D eigenvalue weighted by Crippen LogP contribution is -2.39. The zero-order chi connectivity index (χ0) is 12.5. The van der Waals surface area contributed by atoms with E-state index in [4.69, 9.17) is 5.11 Å². The summed E-state index contributed by atoms with van der Waals surface area (Å²) in [6.45, 7) is -0.0533. The number of amides is 1. The number of carbonyl (C=O) groups is 2. The number of nitrogens with zero attached hydrogens (tertiary/aromatic N) is 1. The van der Waals surface area contributed by atoms with E-state index in [9.17, 15) is 14.0 Å². The molecule has 1 saturated heterocycles. The number of aliphatic carboxylic acids is 1. The van der Waals surface area contributed by atoms with Crippen LogP contribution in [0.25, 0.3) is 0 Å². The first-order valence-electron chi connectivity index (χ1n) is 6.21. The van der Waals surface area contributed by atoms with Crippen LogP contribution in [0.15, 0.2) is 0 Å². The second-order valence-corrected chi connectivity index (χ2v) is 5.19. The summed E-state index contributed by atoms with van der Waals surface area (Å²) in [5.41, 5.74) is -2.23. The lowest BCUT2D eigenvalue weighted by atomic mass is 10.0. The Labute approximate surface area is 99.8 Å². The minimum absolute atomic E-state index is 0.0846. The summed E-state index contributed by atoms with van der Waals surface area (Å²) >= 11 is 0. The lowest BCUT2D eigenvalue weighted by molar-refractivity contribution is -0.150. The monoisotopic (exact) mass is 243 g/mol. The van der Waals surface area contributed by atoms with E-state index in [2.05, 4.69) is 0 Å². The maximum Gasteiger partial charge on any atom is 0.343 e. The SMILES string of the molecule is O=C(CC1CCCC1)N1CCC(F)(C(=O)O)C1. The molecule has 1 aliphatic heterocycles. The van der Waals surface area contributed by atoms with Crippen LogP contribution >= 0.6 is 0 Å². The topological polar surface area (TPSA) is 57.6 Å². The molecule has 1 saturated carbocycles. The van der Waals surface area contributed by atoms with Gasteiger partial charge in [0.05, 0.1) is 6.54 Å². The average molecular weight is 243 g/mol. The highest BCUT2D eigenvalue weighted by Crippen LogP contribution is 2.31. The first kappa shape index (κ1) is 12.3. The summed E-state index contributed by atoms with van der Waals surface area (Å²) < 4.78 is 13.8. The number of hydrogen-bond acceptors (Lipinski definition) is 2. The molecule has 17 heavy (non-hydrogen) atoms. The Morgan fingerprint density at radius 1 is 1.35 bits per heavy atom. The van der Waals surface area contributed by atoms with Crippen molar-refractivity contribution in [2.24, 2.45) is 5.92 Å². The Morgan fingerprint density at radius 3 is 2.53 bits per heavy atom. The summed E-state index contributed by atoms with van der Waals surface area (Å²) in [7, 11) is 0. The Balaban J connectivity index is 1.87. The molecule has 0 aromatic heterocycles. The fraction of sp³-hybridized carbons (Fsp3) is 0.833. The van der Waals surface area contributed by atoms with Gasteiger partial charge in [-0.15, -0.1) is 0 Å². The normalized spacial score (nSPS) is 29.8. The van der Waals surface area contributed by atoms with Crippen molar-refractivity contribution < 1.29 is 19.1 Å². The second kappa shape index (κ2) is 4.63. The average Bonchev–Trinajstić information content (AvgIpc) is 2.88. The number of carboxylic acid groups (broad SMARTS) is 1. The van der Waals surface area contributed by atoms with Gasteiger partial charge in [0.25, 0.3) is 0 Å². The minimum atomic E-state index is -2.23. The van der Waals surface area contributed by atoms with Crippen LogP contribution in [0.3, 0.4) is 0 Å². The molecule has 0 aromatic carbocycles. The first-order chi connectivity index (χ1) is 8.01. The zero-order valence-electron chi connectivity index (χ0n) is 9.82. The number of likely N-dealkylation sites (tertiary alicyclic amines) is 1. The van der Waals surface area contributed by atoms with Gasteiger partial charge in [0, 0.05) is 19.4 Å². The van der Waals surface area contributed by atoms with E-state index >= 15 is 0 Å². The van der Waals surface area contributed by atoms with Gasteiger partial charge in [-0.3, -0.25) is 4.79 Å². The van der Waals surface area contributed by atoms with E-state index in [0.717, 1.165) is 12.8 Å². The maximum absolute atomic E-state index is 13.8. The third-order valence-electron chi connectivity index (χ3n) is 3.89. The molecule has 1 N–H and O–H groups in total. The van der Waals surface area contributed by atoms with Crippen LogP contribution in [-0.2, 0) is 9.59 Å². The van der Waals surface area contributed by atoms with Crippen molar-refractivity contribution >= 4 is 11.9 Å². The Morgan fingerprint density at radius 2 is 2.00 bits per heavy atom. The standard InChI is InChI=1S/C12H18FNO3/c13-12(11(16)17)5-6-14(8-12)10(15)7-9-3-1-2-4-9/h9H,1-8H2,(H,16,17). The zero-order valence-corrected chi connectivity index (χ0v) is 9.82. The van der Waals surface area contributed by atoms with Crippen molar-refractivity contribution in [3.8, 4) is 0 Å². The lowest BCUT2D eigenvalue weighted by Gasteiger charge is -2.19. The molecule has 4 nitrogen and oxygen atoms in total. The maximum atomic E-state index is 13.8. The fourth-order valence-electron chi connectivity index (χ4n) is 2.75. The molecule has 1 amide bonds. The Kier molecular flexibility index (Phi) is 3.35. The van der Waals surface area contributed by atoms with Gasteiger partial charge >= 0.3 is 5.97 Å². The number of halogens is 1. The number of alkyl halides is 1. The molecular formula is C12H18FNO3. The number of carbonyl (C=O) groups excluding carboxylic acids is 1. The Hall–Kier alpha value is -1.13. The van der Waals surface area contributed by atoms with Crippen LogP contribution in [0.2, 0.25) is 0 Å². The molecule has 2 aliphatic rings. The van der Waals surface area contributed by atoms with E-state index in [0.29, 0.717) is 12.3 Å². The van der Waals surface area contributed by atoms with Crippen molar-refractivity contribution in [1.82, 2.24) is 4.90 Å². The van der Waals surface area contributed by atoms with Gasteiger partial charge in [-0.2, -0.15) is 0 Å². The van der Waals surface area contributed by atoms with Crippen molar-refractivity contribution in [2.75, 3.05) is 13.1 Å². The van der Waals surface area contributed by atoms with Gasteiger partial charge < -0.3 is 10.0 Å². The van der Waals surface area contributed by atoms with E-state index in [1.807, 2.05) is 0 Å². The molecule has 2 rings (SSSR count). The van der Waals surface area contributed by atoms with Crippen molar-refractivity contribution in [3.05, 3.63) is 0 Å². The smallest absolute Gasteiger partial charge is 0.343 e. The number of carboxylic acids is 1. The molecule has 96 valence electrons. The van der Waals surface area contributed by atoms with Crippen LogP contribution in [0.1, 0.15) is 38.5 Å². The predicted octanol–water partition coefficient (Wildman–Crippen LogP) is 1.59. The summed E-state index contributed by atoms with van der Waals surface area (Å²) in [4.78, 5) is 24.0. The summed E-state index contributed by atoms with van der Waals surface area (Å²) in [5, 5.41) is 8.74. The molecule has 1 heterocycles. The largest absolute Gasteiger partial charge is 0.479 e. The molecule has 0 aromatic rings. The first-order valence-corrected chi connectivity index (χ1v) is 6.21. The van der Waals surface area contributed by atoms with E-state index in [1.165, 1.54) is 17.7 Å². The molecule has 0 bridgehead atoms. The predicted molar refractivity (Wildman–Crippen MR) is 59.2 cm³/mol. The van der Waals surface area contributed by atoms with Crippen molar-refractivity contribution in [3.63, 3.8) is 0 Å². The molecule has 1 aliphatic carbocycles.